The standard InChI is InChI=1S/C7H8BrN3O/c8-5-1-9-7(10-2-5)11-3-6(12)4-11/h1-2,6,12H,3-4H2. The Morgan fingerprint density at radius 3 is 2.50 bits per heavy atom. The zero-order valence-electron chi connectivity index (χ0n) is 6.31. The molecule has 0 unspecified atom stereocenters. The lowest BCUT2D eigenvalue weighted by atomic mass is 10.2. The van der Waals surface area contributed by atoms with Crippen LogP contribution in [0.15, 0.2) is 16.9 Å². The summed E-state index contributed by atoms with van der Waals surface area (Å²) >= 11 is 3.25. The quantitative estimate of drug-likeness (QED) is 0.759. The highest BCUT2D eigenvalue weighted by molar-refractivity contribution is 9.10. The van der Waals surface area contributed by atoms with Crippen LogP contribution >= 0.6 is 15.9 Å². The summed E-state index contributed by atoms with van der Waals surface area (Å²) in [6.45, 7) is 1.28. The minimum atomic E-state index is -0.211. The van der Waals surface area contributed by atoms with Crippen molar-refractivity contribution in [1.29, 1.82) is 0 Å². The van der Waals surface area contributed by atoms with Gasteiger partial charge in [-0.3, -0.25) is 0 Å². The van der Waals surface area contributed by atoms with E-state index in [9.17, 15) is 0 Å². The predicted octanol–water partition coefficient (Wildman–Crippen LogP) is 0.420. The van der Waals surface area contributed by atoms with Crippen LogP contribution in [-0.2, 0) is 0 Å². The summed E-state index contributed by atoms with van der Waals surface area (Å²) in [7, 11) is 0. The van der Waals surface area contributed by atoms with Gasteiger partial charge in [0, 0.05) is 25.5 Å². The normalized spacial score (nSPS) is 17.7. The van der Waals surface area contributed by atoms with Gasteiger partial charge in [0.25, 0.3) is 0 Å². The number of anilines is 1. The van der Waals surface area contributed by atoms with Crippen LogP contribution in [0.4, 0.5) is 5.95 Å². The van der Waals surface area contributed by atoms with Crippen LogP contribution in [0.1, 0.15) is 0 Å². The van der Waals surface area contributed by atoms with Crippen molar-refractivity contribution in [2.45, 2.75) is 6.10 Å². The van der Waals surface area contributed by atoms with E-state index in [1.54, 1.807) is 12.4 Å². The lowest BCUT2D eigenvalue weighted by Crippen LogP contribution is -2.51. The Labute approximate surface area is 78.4 Å². The lowest BCUT2D eigenvalue weighted by molar-refractivity contribution is 0.140. The molecule has 0 spiro atoms. The summed E-state index contributed by atoms with van der Waals surface area (Å²) in [5.41, 5.74) is 0. The molecule has 0 aliphatic carbocycles. The number of aliphatic hydroxyl groups is 1. The fourth-order valence-electron chi connectivity index (χ4n) is 1.09. The molecule has 12 heavy (non-hydrogen) atoms. The molecular weight excluding hydrogens is 222 g/mol. The SMILES string of the molecule is OC1CN(c2ncc(Br)cn2)C1. The summed E-state index contributed by atoms with van der Waals surface area (Å²) in [4.78, 5) is 10.1. The van der Waals surface area contributed by atoms with Gasteiger partial charge in [0.2, 0.25) is 5.95 Å². The van der Waals surface area contributed by atoms with Crippen molar-refractivity contribution in [3.05, 3.63) is 16.9 Å². The highest BCUT2D eigenvalue weighted by Crippen LogP contribution is 2.16. The molecule has 1 aliphatic rings. The Kier molecular flexibility index (Phi) is 1.98. The summed E-state index contributed by atoms with van der Waals surface area (Å²) in [5.74, 6) is 0.684. The first kappa shape index (κ1) is 7.94. The molecule has 0 amide bonds. The minimum Gasteiger partial charge on any atom is -0.389 e. The molecule has 1 aliphatic heterocycles. The average Bonchev–Trinajstić information content (AvgIpc) is 2.01. The van der Waals surface area contributed by atoms with E-state index in [4.69, 9.17) is 5.11 Å². The van der Waals surface area contributed by atoms with Crippen molar-refractivity contribution in [2.75, 3.05) is 18.0 Å². The van der Waals surface area contributed by atoms with E-state index in [0.29, 0.717) is 19.0 Å². The summed E-state index contributed by atoms with van der Waals surface area (Å²) in [6, 6.07) is 0. The summed E-state index contributed by atoms with van der Waals surface area (Å²) in [5, 5.41) is 9.03. The van der Waals surface area contributed by atoms with Crippen molar-refractivity contribution in [2.24, 2.45) is 0 Å². The Hall–Kier alpha value is -0.680. The van der Waals surface area contributed by atoms with E-state index in [1.165, 1.54) is 0 Å². The highest BCUT2D eigenvalue weighted by atomic mass is 79.9. The third-order valence-electron chi connectivity index (χ3n) is 1.75. The van der Waals surface area contributed by atoms with Crippen LogP contribution in [0.5, 0.6) is 0 Å². The number of aromatic nitrogens is 2. The maximum absolute atomic E-state index is 9.03. The highest BCUT2D eigenvalue weighted by Gasteiger charge is 2.26. The zero-order chi connectivity index (χ0) is 8.55. The molecule has 1 fully saturated rings. The predicted molar refractivity (Wildman–Crippen MR) is 48.0 cm³/mol. The third-order valence-corrected chi connectivity index (χ3v) is 2.16. The largest absolute Gasteiger partial charge is 0.389 e. The van der Waals surface area contributed by atoms with Crippen LogP contribution in [-0.4, -0.2) is 34.3 Å². The van der Waals surface area contributed by atoms with Gasteiger partial charge >= 0.3 is 0 Å². The van der Waals surface area contributed by atoms with Gasteiger partial charge in [0.1, 0.15) is 0 Å². The van der Waals surface area contributed by atoms with Gasteiger partial charge < -0.3 is 10.0 Å². The molecule has 1 saturated heterocycles. The second-order valence-electron chi connectivity index (χ2n) is 2.76. The maximum atomic E-state index is 9.03. The lowest BCUT2D eigenvalue weighted by Gasteiger charge is -2.35. The number of aliphatic hydroxyl groups excluding tert-OH is 1. The van der Waals surface area contributed by atoms with Crippen LogP contribution in [0.25, 0.3) is 0 Å². The van der Waals surface area contributed by atoms with Crippen LogP contribution < -0.4 is 4.90 Å². The van der Waals surface area contributed by atoms with Gasteiger partial charge in [0.15, 0.2) is 0 Å². The monoisotopic (exact) mass is 229 g/mol. The molecule has 1 aromatic rings. The molecule has 2 rings (SSSR count). The van der Waals surface area contributed by atoms with E-state index < -0.39 is 0 Å². The number of hydrogen-bond acceptors (Lipinski definition) is 4. The molecule has 2 heterocycles. The molecule has 0 aromatic carbocycles. The van der Waals surface area contributed by atoms with E-state index in [2.05, 4.69) is 25.9 Å². The van der Waals surface area contributed by atoms with Gasteiger partial charge in [-0.05, 0) is 15.9 Å². The van der Waals surface area contributed by atoms with Crippen LogP contribution in [0, 0.1) is 0 Å². The minimum absolute atomic E-state index is 0.211. The van der Waals surface area contributed by atoms with Crippen molar-refractivity contribution >= 4 is 21.9 Å². The second-order valence-corrected chi connectivity index (χ2v) is 3.68. The molecule has 0 atom stereocenters. The van der Waals surface area contributed by atoms with E-state index >= 15 is 0 Å². The number of rotatable bonds is 1. The number of hydrogen-bond donors (Lipinski definition) is 1. The van der Waals surface area contributed by atoms with Gasteiger partial charge in [-0.15, -0.1) is 0 Å². The average molecular weight is 230 g/mol. The van der Waals surface area contributed by atoms with Gasteiger partial charge in [-0.1, -0.05) is 0 Å². The number of nitrogens with zero attached hydrogens (tertiary/aromatic N) is 3. The molecule has 1 aromatic heterocycles. The van der Waals surface area contributed by atoms with E-state index in [1.807, 2.05) is 4.90 Å². The maximum Gasteiger partial charge on any atom is 0.225 e. The van der Waals surface area contributed by atoms with Gasteiger partial charge in [0.05, 0.1) is 10.6 Å². The van der Waals surface area contributed by atoms with Crippen molar-refractivity contribution in [1.82, 2.24) is 9.97 Å². The van der Waals surface area contributed by atoms with E-state index in [-0.39, 0.29) is 6.10 Å². The third kappa shape index (κ3) is 1.42. The summed E-state index contributed by atoms with van der Waals surface area (Å²) in [6.07, 6.45) is 3.19. The van der Waals surface area contributed by atoms with Crippen molar-refractivity contribution in [3.63, 3.8) is 0 Å². The molecule has 0 bridgehead atoms. The molecule has 64 valence electrons. The Morgan fingerprint density at radius 1 is 1.42 bits per heavy atom. The zero-order valence-corrected chi connectivity index (χ0v) is 7.90. The second kappa shape index (κ2) is 2.99. The van der Waals surface area contributed by atoms with Crippen LogP contribution in [0.3, 0.4) is 0 Å². The van der Waals surface area contributed by atoms with Crippen molar-refractivity contribution in [3.8, 4) is 0 Å². The molecule has 0 saturated carbocycles. The number of halogens is 1. The Balaban J connectivity index is 2.09. The van der Waals surface area contributed by atoms with Crippen LogP contribution in [0.2, 0.25) is 0 Å². The first-order chi connectivity index (χ1) is 5.75. The smallest absolute Gasteiger partial charge is 0.225 e. The topological polar surface area (TPSA) is 49.2 Å². The van der Waals surface area contributed by atoms with Gasteiger partial charge in [-0.25, -0.2) is 9.97 Å². The fraction of sp³-hybridized carbons (Fsp3) is 0.429. The summed E-state index contributed by atoms with van der Waals surface area (Å²) < 4.78 is 0.868. The first-order valence-electron chi connectivity index (χ1n) is 3.66. The Bertz CT molecular complexity index is 270. The number of β-amino-alcohol motifs (C(OH)–C–C–N with tert-alkyl or cyclic N) is 1. The first-order valence-corrected chi connectivity index (χ1v) is 4.45. The molecule has 1 N–H and O–H groups in total. The van der Waals surface area contributed by atoms with Crippen molar-refractivity contribution < 1.29 is 5.11 Å². The van der Waals surface area contributed by atoms with Gasteiger partial charge in [-0.2, -0.15) is 0 Å². The molecule has 4 nitrogen and oxygen atoms in total. The molecular formula is C7H8BrN3O. The fourth-order valence-corrected chi connectivity index (χ4v) is 1.29. The van der Waals surface area contributed by atoms with E-state index in [0.717, 1.165) is 4.47 Å². The Morgan fingerprint density at radius 2 is 2.00 bits per heavy atom. The molecule has 0 radical (unpaired) electrons. The molecule has 5 heteroatoms.